The molecule has 1 heterocycles. The Morgan fingerprint density at radius 1 is 1.20 bits per heavy atom. The number of carbonyl (C=O) groups excluding carboxylic acids is 3. The van der Waals surface area contributed by atoms with Gasteiger partial charge in [-0.15, -0.1) is 0 Å². The third-order valence-corrected chi connectivity index (χ3v) is 5.36. The van der Waals surface area contributed by atoms with Crippen LogP contribution >= 0.6 is 0 Å². The molecular weight excluding hydrogens is 390 g/mol. The molecule has 1 aliphatic heterocycles. The number of hydrogen-bond acceptors (Lipinski definition) is 6. The van der Waals surface area contributed by atoms with Crippen molar-refractivity contribution < 1.29 is 28.6 Å². The third-order valence-electron chi connectivity index (χ3n) is 5.36. The van der Waals surface area contributed by atoms with Crippen molar-refractivity contribution in [3.8, 4) is 11.5 Å². The van der Waals surface area contributed by atoms with Crippen molar-refractivity contribution in [1.82, 2.24) is 15.5 Å². The van der Waals surface area contributed by atoms with Gasteiger partial charge in [0.25, 0.3) is 5.91 Å². The van der Waals surface area contributed by atoms with E-state index in [1.54, 1.807) is 30.2 Å². The fraction of sp³-hybridized carbons (Fsp3) is 0.571. The highest BCUT2D eigenvalue weighted by molar-refractivity contribution is 5.97. The summed E-state index contributed by atoms with van der Waals surface area (Å²) in [6, 6.07) is 4.98. The summed E-state index contributed by atoms with van der Waals surface area (Å²) in [4.78, 5) is 39.5. The number of carbonyl (C=O) groups is 3. The third kappa shape index (κ3) is 5.21. The first kappa shape index (κ1) is 21.9. The summed E-state index contributed by atoms with van der Waals surface area (Å²) in [6.07, 6.45) is 2.06. The minimum Gasteiger partial charge on any atom is -0.497 e. The molecule has 1 aromatic carbocycles. The highest BCUT2D eigenvalue weighted by Gasteiger charge is 2.51. The van der Waals surface area contributed by atoms with Gasteiger partial charge in [-0.05, 0) is 31.4 Å². The summed E-state index contributed by atoms with van der Waals surface area (Å²) in [5, 5.41) is 5.63. The predicted molar refractivity (Wildman–Crippen MR) is 109 cm³/mol. The number of hydrogen-bond donors (Lipinski definition) is 2. The number of fused-ring (bicyclic) bond motifs is 1. The van der Waals surface area contributed by atoms with Gasteiger partial charge in [-0.3, -0.25) is 14.4 Å². The van der Waals surface area contributed by atoms with Crippen LogP contribution in [0.1, 0.15) is 29.6 Å². The molecule has 164 valence electrons. The SMILES string of the molecule is COCC1(C(=O)N2CCCNC(=O)c3ccc(OC)cc3OCCNC(=O)C2)CC1. The molecule has 1 fully saturated rings. The van der Waals surface area contributed by atoms with Gasteiger partial charge in [0.1, 0.15) is 18.1 Å². The highest BCUT2D eigenvalue weighted by atomic mass is 16.5. The normalized spacial score (nSPS) is 19.5. The van der Waals surface area contributed by atoms with Crippen molar-refractivity contribution in [3.05, 3.63) is 23.8 Å². The second kappa shape index (κ2) is 9.80. The van der Waals surface area contributed by atoms with Gasteiger partial charge in [0, 0.05) is 26.3 Å². The van der Waals surface area contributed by atoms with Crippen LogP contribution in [0.4, 0.5) is 0 Å². The Morgan fingerprint density at radius 2 is 2.00 bits per heavy atom. The molecule has 0 bridgehead atoms. The van der Waals surface area contributed by atoms with Gasteiger partial charge in [-0.2, -0.15) is 0 Å². The molecule has 1 aliphatic carbocycles. The Hall–Kier alpha value is -2.81. The maximum absolute atomic E-state index is 13.0. The second-order valence-corrected chi connectivity index (χ2v) is 7.61. The number of rotatable bonds is 4. The molecule has 3 rings (SSSR count). The highest BCUT2D eigenvalue weighted by Crippen LogP contribution is 2.47. The van der Waals surface area contributed by atoms with Crippen LogP contribution in [-0.4, -0.2) is 76.2 Å². The lowest BCUT2D eigenvalue weighted by molar-refractivity contribution is -0.142. The van der Waals surface area contributed by atoms with E-state index in [1.165, 1.54) is 7.11 Å². The van der Waals surface area contributed by atoms with Crippen LogP contribution in [0.3, 0.4) is 0 Å². The van der Waals surface area contributed by atoms with Crippen LogP contribution in [-0.2, 0) is 14.3 Å². The lowest BCUT2D eigenvalue weighted by Gasteiger charge is -2.27. The van der Waals surface area contributed by atoms with Gasteiger partial charge in [-0.1, -0.05) is 0 Å². The fourth-order valence-electron chi connectivity index (χ4n) is 3.52. The Kier molecular flexibility index (Phi) is 7.15. The average molecular weight is 419 g/mol. The van der Waals surface area contributed by atoms with Crippen molar-refractivity contribution in [3.63, 3.8) is 0 Å². The van der Waals surface area contributed by atoms with Crippen LogP contribution in [0.15, 0.2) is 18.2 Å². The largest absolute Gasteiger partial charge is 0.497 e. The minimum atomic E-state index is -0.509. The molecule has 1 saturated carbocycles. The summed E-state index contributed by atoms with van der Waals surface area (Å²) in [5.74, 6) is 0.402. The molecular formula is C21H29N3O6. The Bertz CT molecular complexity index is 793. The van der Waals surface area contributed by atoms with E-state index in [2.05, 4.69) is 10.6 Å². The van der Waals surface area contributed by atoms with Crippen LogP contribution in [0.5, 0.6) is 11.5 Å². The van der Waals surface area contributed by atoms with Crippen LogP contribution < -0.4 is 20.1 Å². The van der Waals surface area contributed by atoms with Gasteiger partial charge < -0.3 is 29.7 Å². The van der Waals surface area contributed by atoms with Crippen molar-refractivity contribution in [2.45, 2.75) is 19.3 Å². The number of nitrogens with zero attached hydrogens (tertiary/aromatic N) is 1. The zero-order chi connectivity index (χ0) is 21.6. The van der Waals surface area contributed by atoms with Gasteiger partial charge in [0.05, 0.1) is 37.8 Å². The van der Waals surface area contributed by atoms with Crippen LogP contribution in [0, 0.1) is 5.41 Å². The van der Waals surface area contributed by atoms with E-state index in [0.717, 1.165) is 12.8 Å². The summed E-state index contributed by atoms with van der Waals surface area (Å²) in [7, 11) is 3.11. The van der Waals surface area contributed by atoms with E-state index in [0.29, 0.717) is 43.2 Å². The number of amides is 3. The molecule has 0 radical (unpaired) electrons. The standard InChI is InChI=1S/C21H29N3O6/c1-28-14-21(6-7-21)20(27)24-10-3-8-23-19(26)16-5-4-15(29-2)12-17(16)30-11-9-22-18(25)13-24/h4-5,12H,3,6-11,13-14H2,1-2H3,(H,22,25)(H,23,26). The summed E-state index contributed by atoms with van der Waals surface area (Å²) < 4.78 is 16.1. The van der Waals surface area contributed by atoms with Gasteiger partial charge >= 0.3 is 0 Å². The van der Waals surface area contributed by atoms with Gasteiger partial charge in [-0.25, -0.2) is 0 Å². The van der Waals surface area contributed by atoms with E-state index >= 15 is 0 Å². The molecule has 30 heavy (non-hydrogen) atoms. The van der Waals surface area contributed by atoms with Crippen LogP contribution in [0.25, 0.3) is 0 Å². The van der Waals surface area contributed by atoms with E-state index in [-0.39, 0.29) is 37.4 Å². The Labute approximate surface area is 176 Å². The summed E-state index contributed by atoms with van der Waals surface area (Å²) in [5.41, 5.74) is -0.116. The van der Waals surface area contributed by atoms with Crippen LogP contribution in [0.2, 0.25) is 0 Å². The molecule has 0 spiro atoms. The molecule has 0 aromatic heterocycles. The first-order valence-electron chi connectivity index (χ1n) is 10.1. The lowest BCUT2D eigenvalue weighted by Crippen LogP contribution is -2.46. The Morgan fingerprint density at radius 3 is 2.70 bits per heavy atom. The van der Waals surface area contributed by atoms with Crippen molar-refractivity contribution in [1.29, 1.82) is 0 Å². The second-order valence-electron chi connectivity index (χ2n) is 7.61. The zero-order valence-corrected chi connectivity index (χ0v) is 17.5. The molecule has 3 amide bonds. The topological polar surface area (TPSA) is 106 Å². The number of ether oxygens (including phenoxy) is 3. The predicted octanol–water partition coefficient (Wildman–Crippen LogP) is 0.579. The van der Waals surface area contributed by atoms with E-state index in [1.807, 2.05) is 0 Å². The monoisotopic (exact) mass is 419 g/mol. The average Bonchev–Trinajstić information content (AvgIpc) is 3.53. The molecule has 0 unspecified atom stereocenters. The van der Waals surface area contributed by atoms with Crippen molar-refractivity contribution in [2.24, 2.45) is 5.41 Å². The first-order valence-corrected chi connectivity index (χ1v) is 10.1. The lowest BCUT2D eigenvalue weighted by atomic mass is 10.1. The molecule has 9 nitrogen and oxygen atoms in total. The maximum atomic E-state index is 13.0. The zero-order valence-electron chi connectivity index (χ0n) is 17.5. The first-order chi connectivity index (χ1) is 14.5. The molecule has 9 heteroatoms. The molecule has 2 N–H and O–H groups in total. The fourth-order valence-corrected chi connectivity index (χ4v) is 3.52. The van der Waals surface area contributed by atoms with Crippen molar-refractivity contribution in [2.75, 3.05) is 53.6 Å². The molecule has 0 saturated heterocycles. The van der Waals surface area contributed by atoms with E-state index in [9.17, 15) is 14.4 Å². The van der Waals surface area contributed by atoms with E-state index < -0.39 is 5.41 Å². The van der Waals surface area contributed by atoms with Crippen molar-refractivity contribution >= 4 is 17.7 Å². The number of nitrogens with one attached hydrogen (secondary N) is 2. The Balaban J connectivity index is 1.71. The number of benzene rings is 1. The van der Waals surface area contributed by atoms with E-state index in [4.69, 9.17) is 14.2 Å². The minimum absolute atomic E-state index is 0.0251. The number of methoxy groups -OCH3 is 2. The quantitative estimate of drug-likeness (QED) is 0.740. The molecule has 0 atom stereocenters. The molecule has 1 aromatic rings. The summed E-state index contributed by atoms with van der Waals surface area (Å²) >= 11 is 0. The van der Waals surface area contributed by atoms with Gasteiger partial charge in [0.2, 0.25) is 11.8 Å². The molecule has 2 aliphatic rings. The smallest absolute Gasteiger partial charge is 0.255 e. The van der Waals surface area contributed by atoms with Gasteiger partial charge in [0.15, 0.2) is 0 Å². The summed E-state index contributed by atoms with van der Waals surface area (Å²) in [6.45, 7) is 1.51. The maximum Gasteiger partial charge on any atom is 0.255 e.